The third kappa shape index (κ3) is 4.32. The summed E-state index contributed by atoms with van der Waals surface area (Å²) in [6.45, 7) is 0. The molecule has 0 bridgehead atoms. The average molecular weight is 404 g/mol. The first-order valence-corrected chi connectivity index (χ1v) is 8.77. The van der Waals surface area contributed by atoms with Crippen molar-refractivity contribution in [2.75, 3.05) is 0 Å². The molecular formula is C12H17BrCl2N2O2S. The molecule has 2 unspecified atom stereocenters. The molecule has 0 heterocycles. The molecule has 0 aliphatic heterocycles. The quantitative estimate of drug-likeness (QED) is 0.814. The molecule has 8 heteroatoms. The second-order valence-corrected chi connectivity index (χ2v) is 7.71. The number of hydrogen-bond acceptors (Lipinski definition) is 3. The third-order valence-electron chi connectivity index (χ3n) is 3.24. The number of sulfonamides is 1. The number of nitrogens with two attached hydrogens (primary N) is 1. The van der Waals surface area contributed by atoms with Gasteiger partial charge in [0.1, 0.15) is 4.90 Å². The zero-order valence-corrected chi connectivity index (χ0v) is 14.7. The van der Waals surface area contributed by atoms with Crippen molar-refractivity contribution in [1.29, 1.82) is 0 Å². The van der Waals surface area contributed by atoms with Crippen molar-refractivity contribution in [2.24, 2.45) is 5.73 Å². The summed E-state index contributed by atoms with van der Waals surface area (Å²) in [6.07, 6.45) is 3.39. The molecule has 2 atom stereocenters. The first-order chi connectivity index (χ1) is 8.90. The predicted octanol–water partition coefficient (Wildman–Crippen LogP) is 3.07. The Morgan fingerprint density at radius 1 is 1.35 bits per heavy atom. The highest BCUT2D eigenvalue weighted by atomic mass is 79.9. The molecule has 1 saturated carbocycles. The van der Waals surface area contributed by atoms with Crippen LogP contribution >= 0.6 is 39.9 Å². The maximum absolute atomic E-state index is 12.3. The molecule has 0 amide bonds. The average Bonchev–Trinajstić information content (AvgIpc) is 2.32. The van der Waals surface area contributed by atoms with Crippen molar-refractivity contribution >= 4 is 50.0 Å². The van der Waals surface area contributed by atoms with Crippen LogP contribution in [0.1, 0.15) is 25.7 Å². The highest BCUT2D eigenvalue weighted by Crippen LogP contribution is 2.30. The topological polar surface area (TPSA) is 72.2 Å². The van der Waals surface area contributed by atoms with Crippen LogP contribution in [0, 0.1) is 0 Å². The lowest BCUT2D eigenvalue weighted by Gasteiger charge is -2.27. The van der Waals surface area contributed by atoms with Gasteiger partial charge in [-0.15, -0.1) is 12.4 Å². The summed E-state index contributed by atoms with van der Waals surface area (Å²) in [5, 5.41) is 0.204. The van der Waals surface area contributed by atoms with Gasteiger partial charge in [-0.1, -0.05) is 24.1 Å². The van der Waals surface area contributed by atoms with Crippen LogP contribution in [0.25, 0.3) is 0 Å². The van der Waals surface area contributed by atoms with E-state index in [4.69, 9.17) is 17.3 Å². The fraction of sp³-hybridized carbons (Fsp3) is 0.500. The van der Waals surface area contributed by atoms with Gasteiger partial charge in [0.2, 0.25) is 10.0 Å². The van der Waals surface area contributed by atoms with Crippen LogP contribution < -0.4 is 10.5 Å². The van der Waals surface area contributed by atoms with Crippen molar-refractivity contribution in [3.8, 4) is 0 Å². The SMILES string of the molecule is Cl.NC1CCCC(NS(=O)(=O)c2cccc(Br)c2Cl)C1. The van der Waals surface area contributed by atoms with Crippen molar-refractivity contribution in [2.45, 2.75) is 42.7 Å². The van der Waals surface area contributed by atoms with Gasteiger partial charge < -0.3 is 5.73 Å². The van der Waals surface area contributed by atoms with Crippen molar-refractivity contribution < 1.29 is 8.42 Å². The van der Waals surface area contributed by atoms with Crippen molar-refractivity contribution in [3.05, 3.63) is 27.7 Å². The molecule has 4 nitrogen and oxygen atoms in total. The van der Waals surface area contributed by atoms with Crippen LogP contribution in [0.2, 0.25) is 5.02 Å². The zero-order valence-electron chi connectivity index (χ0n) is 10.7. The second-order valence-electron chi connectivity index (χ2n) is 4.80. The summed E-state index contributed by atoms with van der Waals surface area (Å²) < 4.78 is 27.9. The minimum absolute atomic E-state index is 0. The molecule has 3 N–H and O–H groups in total. The Morgan fingerprint density at radius 2 is 2.05 bits per heavy atom. The molecule has 1 aliphatic rings. The van der Waals surface area contributed by atoms with Gasteiger partial charge in [0.15, 0.2) is 0 Å². The Morgan fingerprint density at radius 3 is 2.70 bits per heavy atom. The molecule has 1 aromatic carbocycles. The van der Waals surface area contributed by atoms with Crippen LogP contribution in [0.4, 0.5) is 0 Å². The van der Waals surface area contributed by atoms with E-state index in [0.717, 1.165) is 19.3 Å². The Kier molecular flexibility index (Phi) is 6.76. The first kappa shape index (κ1) is 18.2. The van der Waals surface area contributed by atoms with E-state index in [-0.39, 0.29) is 34.4 Å². The number of rotatable bonds is 3. The Balaban J connectivity index is 0.00000200. The van der Waals surface area contributed by atoms with E-state index in [0.29, 0.717) is 10.9 Å². The van der Waals surface area contributed by atoms with Gasteiger partial charge in [-0.3, -0.25) is 0 Å². The van der Waals surface area contributed by atoms with Crippen LogP contribution in [-0.2, 0) is 10.0 Å². The molecule has 1 fully saturated rings. The van der Waals surface area contributed by atoms with Gasteiger partial charge in [-0.05, 0) is 47.3 Å². The Bertz CT molecular complexity index is 569. The number of hydrogen-bond donors (Lipinski definition) is 2. The number of nitrogens with one attached hydrogen (secondary N) is 1. The molecule has 0 aromatic heterocycles. The van der Waals surface area contributed by atoms with Crippen molar-refractivity contribution in [3.63, 3.8) is 0 Å². The minimum Gasteiger partial charge on any atom is -0.328 e. The van der Waals surface area contributed by atoms with Gasteiger partial charge in [-0.2, -0.15) is 0 Å². The monoisotopic (exact) mass is 402 g/mol. The van der Waals surface area contributed by atoms with Crippen LogP contribution in [0.15, 0.2) is 27.6 Å². The molecule has 0 spiro atoms. The minimum atomic E-state index is -3.60. The van der Waals surface area contributed by atoms with Gasteiger partial charge in [0.25, 0.3) is 0 Å². The van der Waals surface area contributed by atoms with Gasteiger partial charge >= 0.3 is 0 Å². The summed E-state index contributed by atoms with van der Waals surface area (Å²) in [7, 11) is -3.60. The standard InChI is InChI=1S/C12H16BrClN2O2S.ClH/c13-10-5-2-6-11(12(10)14)19(17,18)16-9-4-1-3-8(15)7-9;/h2,5-6,8-9,16H,1,3-4,7,15H2;1H. The van der Waals surface area contributed by atoms with Crippen LogP contribution in [0.5, 0.6) is 0 Å². The van der Waals surface area contributed by atoms with Crippen molar-refractivity contribution in [1.82, 2.24) is 4.72 Å². The van der Waals surface area contributed by atoms with E-state index in [2.05, 4.69) is 20.7 Å². The maximum Gasteiger partial charge on any atom is 0.242 e. The fourth-order valence-corrected chi connectivity index (χ4v) is 4.62. The van der Waals surface area contributed by atoms with E-state index in [1.807, 2.05) is 0 Å². The molecule has 0 saturated heterocycles. The normalized spacial score (nSPS) is 23.1. The summed E-state index contributed by atoms with van der Waals surface area (Å²) in [5.41, 5.74) is 5.87. The Labute approximate surface area is 139 Å². The molecule has 2 rings (SSSR count). The molecule has 0 radical (unpaired) electrons. The van der Waals surface area contributed by atoms with E-state index < -0.39 is 10.0 Å². The van der Waals surface area contributed by atoms with E-state index in [9.17, 15) is 8.42 Å². The van der Waals surface area contributed by atoms with Crippen LogP contribution in [-0.4, -0.2) is 20.5 Å². The number of halogens is 3. The summed E-state index contributed by atoms with van der Waals surface area (Å²) in [6, 6.07) is 4.82. The lowest BCUT2D eigenvalue weighted by atomic mass is 9.92. The van der Waals surface area contributed by atoms with E-state index in [1.54, 1.807) is 12.1 Å². The summed E-state index contributed by atoms with van der Waals surface area (Å²) in [5.74, 6) is 0. The number of benzene rings is 1. The lowest BCUT2D eigenvalue weighted by Crippen LogP contribution is -2.42. The van der Waals surface area contributed by atoms with Gasteiger partial charge in [-0.25, -0.2) is 13.1 Å². The largest absolute Gasteiger partial charge is 0.328 e. The zero-order chi connectivity index (χ0) is 14.0. The third-order valence-corrected chi connectivity index (χ3v) is 6.21. The molecule has 1 aliphatic carbocycles. The highest BCUT2D eigenvalue weighted by Gasteiger charge is 2.26. The van der Waals surface area contributed by atoms with E-state index in [1.165, 1.54) is 6.07 Å². The molecule has 20 heavy (non-hydrogen) atoms. The molecular weight excluding hydrogens is 387 g/mol. The van der Waals surface area contributed by atoms with E-state index >= 15 is 0 Å². The molecule has 114 valence electrons. The second kappa shape index (κ2) is 7.42. The first-order valence-electron chi connectivity index (χ1n) is 6.12. The highest BCUT2D eigenvalue weighted by molar-refractivity contribution is 9.10. The Hall–Kier alpha value is 0.150. The van der Waals surface area contributed by atoms with Gasteiger partial charge in [0.05, 0.1) is 5.02 Å². The summed E-state index contributed by atoms with van der Waals surface area (Å²) in [4.78, 5) is 0.0997. The summed E-state index contributed by atoms with van der Waals surface area (Å²) >= 11 is 9.26. The lowest BCUT2D eigenvalue weighted by molar-refractivity contribution is 0.371. The molecule has 1 aromatic rings. The maximum atomic E-state index is 12.3. The van der Waals surface area contributed by atoms with Crippen LogP contribution in [0.3, 0.4) is 0 Å². The van der Waals surface area contributed by atoms with Gasteiger partial charge in [0, 0.05) is 16.6 Å². The predicted molar refractivity (Wildman–Crippen MR) is 87.0 cm³/mol. The smallest absolute Gasteiger partial charge is 0.242 e. The fourth-order valence-electron chi connectivity index (χ4n) is 2.31.